The summed E-state index contributed by atoms with van der Waals surface area (Å²) in [5.74, 6) is 0.255. The minimum atomic E-state index is -3.60. The van der Waals surface area contributed by atoms with Gasteiger partial charge in [0, 0.05) is 23.2 Å². The van der Waals surface area contributed by atoms with Gasteiger partial charge >= 0.3 is 0 Å². The number of aliphatic hydroxyl groups excluding tert-OH is 1. The summed E-state index contributed by atoms with van der Waals surface area (Å²) in [7, 11) is -7.10. The molecule has 2 aromatic rings. The zero-order valence-corrected chi connectivity index (χ0v) is 15.7. The van der Waals surface area contributed by atoms with Crippen molar-refractivity contribution in [2.24, 2.45) is 0 Å². The first-order valence-corrected chi connectivity index (χ1v) is 11.8. The highest BCUT2D eigenvalue weighted by atomic mass is 32.2. The van der Waals surface area contributed by atoms with Crippen molar-refractivity contribution >= 4 is 31.4 Å². The van der Waals surface area contributed by atoms with Crippen LogP contribution in [-0.2, 0) is 19.7 Å². The summed E-state index contributed by atoms with van der Waals surface area (Å²) in [6.07, 6.45) is 1.31. The molecule has 0 saturated carbocycles. The second kappa shape index (κ2) is 7.26. The van der Waals surface area contributed by atoms with Gasteiger partial charge in [0.1, 0.15) is 0 Å². The number of benzene rings is 2. The van der Waals surface area contributed by atoms with Crippen molar-refractivity contribution in [3.8, 4) is 0 Å². The zero-order chi connectivity index (χ0) is 18.0. The van der Waals surface area contributed by atoms with E-state index in [2.05, 4.69) is 0 Å². The molecule has 2 rings (SSSR count). The number of sulfone groups is 2. The summed E-state index contributed by atoms with van der Waals surface area (Å²) >= 11 is 1.17. The Hall–Kier alpha value is -1.35. The highest BCUT2D eigenvalue weighted by Crippen LogP contribution is 2.31. The molecule has 0 fully saturated rings. The van der Waals surface area contributed by atoms with Gasteiger partial charge in [0.05, 0.1) is 15.9 Å². The average molecular weight is 387 g/mol. The molecule has 0 heterocycles. The summed E-state index contributed by atoms with van der Waals surface area (Å²) in [5.41, 5.74) is 0.735. The van der Waals surface area contributed by atoms with E-state index < -0.39 is 25.8 Å². The second-order valence-electron chi connectivity index (χ2n) is 5.39. The topological polar surface area (TPSA) is 88.5 Å². The first kappa shape index (κ1) is 19.0. The highest BCUT2D eigenvalue weighted by Gasteiger charge is 2.19. The molecule has 0 aliphatic carbocycles. The van der Waals surface area contributed by atoms with Crippen LogP contribution in [0.15, 0.2) is 63.2 Å². The number of hydrogen-bond acceptors (Lipinski definition) is 6. The lowest BCUT2D eigenvalue weighted by Crippen LogP contribution is -2.05. The molecule has 1 N–H and O–H groups in total. The van der Waals surface area contributed by atoms with E-state index >= 15 is 0 Å². The molecular formula is C16H18O5S3. The Balaban J connectivity index is 2.30. The van der Waals surface area contributed by atoms with Crippen LogP contribution in [0.5, 0.6) is 0 Å². The SMILES string of the molecule is CS(=O)(=O)c1ccc(SCC(O)c2ccccc2)c(S(C)(=O)=O)c1. The molecule has 0 saturated heterocycles. The number of thioether (sulfide) groups is 1. The number of aliphatic hydroxyl groups is 1. The van der Waals surface area contributed by atoms with Crippen LogP contribution in [0.3, 0.4) is 0 Å². The van der Waals surface area contributed by atoms with Crippen LogP contribution >= 0.6 is 11.8 Å². The normalized spacial score (nSPS) is 13.6. The number of hydrogen-bond donors (Lipinski definition) is 1. The predicted octanol–water partition coefficient (Wildman–Crippen LogP) is 2.32. The van der Waals surface area contributed by atoms with Crippen molar-refractivity contribution in [3.05, 3.63) is 54.1 Å². The lowest BCUT2D eigenvalue weighted by molar-refractivity contribution is 0.204. The van der Waals surface area contributed by atoms with Crippen LogP contribution in [0.4, 0.5) is 0 Å². The van der Waals surface area contributed by atoms with E-state index in [0.29, 0.717) is 4.90 Å². The Bertz CT molecular complexity index is 919. The highest BCUT2D eigenvalue weighted by molar-refractivity contribution is 8.00. The molecule has 0 amide bonds. The van der Waals surface area contributed by atoms with Gasteiger partial charge in [-0.1, -0.05) is 30.3 Å². The van der Waals surface area contributed by atoms with Gasteiger partial charge in [0.25, 0.3) is 0 Å². The van der Waals surface area contributed by atoms with Crippen LogP contribution in [0.25, 0.3) is 0 Å². The molecule has 8 heteroatoms. The number of rotatable bonds is 6. The molecule has 130 valence electrons. The molecule has 5 nitrogen and oxygen atoms in total. The van der Waals surface area contributed by atoms with Crippen molar-refractivity contribution in [2.75, 3.05) is 18.3 Å². The molecule has 0 radical (unpaired) electrons. The van der Waals surface area contributed by atoms with Crippen molar-refractivity contribution in [3.63, 3.8) is 0 Å². The fourth-order valence-electron chi connectivity index (χ4n) is 2.07. The van der Waals surface area contributed by atoms with Crippen LogP contribution in [-0.4, -0.2) is 40.2 Å². The summed E-state index contributed by atoms with van der Waals surface area (Å²) < 4.78 is 47.2. The third-order valence-corrected chi connectivity index (χ3v) is 6.85. The van der Waals surface area contributed by atoms with Crippen LogP contribution in [0, 0.1) is 0 Å². The lowest BCUT2D eigenvalue weighted by atomic mass is 10.1. The maximum atomic E-state index is 12.0. The van der Waals surface area contributed by atoms with Crippen LogP contribution in [0.1, 0.15) is 11.7 Å². The molecule has 2 aromatic carbocycles. The molecule has 0 aliphatic heterocycles. The smallest absolute Gasteiger partial charge is 0.176 e. The molecule has 1 unspecified atom stereocenters. The monoisotopic (exact) mass is 386 g/mol. The van der Waals surface area contributed by atoms with Crippen molar-refractivity contribution < 1.29 is 21.9 Å². The minimum Gasteiger partial charge on any atom is -0.388 e. The Kier molecular flexibility index (Phi) is 5.74. The van der Waals surface area contributed by atoms with E-state index in [1.807, 2.05) is 18.2 Å². The summed E-state index contributed by atoms with van der Waals surface area (Å²) in [6.45, 7) is 0. The van der Waals surface area contributed by atoms with Crippen LogP contribution in [0.2, 0.25) is 0 Å². The van der Waals surface area contributed by atoms with Gasteiger partial charge in [-0.25, -0.2) is 16.8 Å². The van der Waals surface area contributed by atoms with Crippen molar-refractivity contribution in [2.45, 2.75) is 20.8 Å². The predicted molar refractivity (Wildman–Crippen MR) is 94.8 cm³/mol. The van der Waals surface area contributed by atoms with Gasteiger partial charge in [0.2, 0.25) is 0 Å². The van der Waals surface area contributed by atoms with E-state index in [1.54, 1.807) is 12.1 Å². The average Bonchev–Trinajstić information content (AvgIpc) is 2.51. The standard InChI is InChI=1S/C16H18O5S3/c1-23(18,19)13-8-9-15(16(10-13)24(2,20)21)22-11-14(17)12-6-4-3-5-7-12/h3-10,14,17H,11H2,1-2H3. The van der Waals surface area contributed by atoms with Gasteiger partial charge in [-0.2, -0.15) is 0 Å². The maximum absolute atomic E-state index is 12.0. The summed E-state index contributed by atoms with van der Waals surface area (Å²) in [5, 5.41) is 10.2. The fourth-order valence-corrected chi connectivity index (χ4v) is 5.09. The first-order valence-electron chi connectivity index (χ1n) is 6.99. The Morgan fingerprint density at radius 3 is 2.12 bits per heavy atom. The van der Waals surface area contributed by atoms with Crippen molar-refractivity contribution in [1.29, 1.82) is 0 Å². The van der Waals surface area contributed by atoms with Crippen LogP contribution < -0.4 is 0 Å². The molecule has 1 atom stereocenters. The molecular weight excluding hydrogens is 368 g/mol. The van der Waals surface area contributed by atoms with Gasteiger partial charge in [-0.3, -0.25) is 0 Å². The maximum Gasteiger partial charge on any atom is 0.176 e. The molecule has 0 spiro atoms. The molecule has 0 aliphatic rings. The molecule has 0 bridgehead atoms. The van der Waals surface area contributed by atoms with Crippen molar-refractivity contribution in [1.82, 2.24) is 0 Å². The Labute approximate surface area is 146 Å². The first-order chi connectivity index (χ1) is 11.1. The third-order valence-electron chi connectivity index (χ3n) is 3.32. The third kappa shape index (κ3) is 4.83. The van der Waals surface area contributed by atoms with E-state index in [-0.39, 0.29) is 15.5 Å². The zero-order valence-electron chi connectivity index (χ0n) is 13.2. The van der Waals surface area contributed by atoms with E-state index in [1.165, 1.54) is 30.0 Å². The van der Waals surface area contributed by atoms with Gasteiger partial charge in [0.15, 0.2) is 19.7 Å². The molecule has 0 aromatic heterocycles. The molecule has 24 heavy (non-hydrogen) atoms. The van der Waals surface area contributed by atoms with Gasteiger partial charge in [-0.05, 0) is 23.8 Å². The fraction of sp³-hybridized carbons (Fsp3) is 0.250. The quantitative estimate of drug-likeness (QED) is 0.767. The summed E-state index contributed by atoms with van der Waals surface area (Å²) in [6, 6.07) is 13.1. The largest absolute Gasteiger partial charge is 0.388 e. The van der Waals surface area contributed by atoms with Gasteiger partial charge in [-0.15, -0.1) is 11.8 Å². The van der Waals surface area contributed by atoms with Gasteiger partial charge < -0.3 is 5.11 Å². The lowest BCUT2D eigenvalue weighted by Gasteiger charge is -2.13. The van der Waals surface area contributed by atoms with E-state index in [4.69, 9.17) is 0 Å². The summed E-state index contributed by atoms with van der Waals surface area (Å²) in [4.78, 5) is 0.325. The Morgan fingerprint density at radius 1 is 0.958 bits per heavy atom. The van der Waals surface area contributed by atoms with E-state index in [0.717, 1.165) is 18.1 Å². The second-order valence-corrected chi connectivity index (χ2v) is 10.5. The Morgan fingerprint density at radius 2 is 1.58 bits per heavy atom. The minimum absolute atomic E-state index is 0.0455. The van der Waals surface area contributed by atoms with E-state index in [9.17, 15) is 21.9 Å².